The molecule has 0 fully saturated rings. The number of benzene rings is 1. The van der Waals surface area contributed by atoms with E-state index >= 15 is 0 Å². The summed E-state index contributed by atoms with van der Waals surface area (Å²) in [4.78, 5) is 13.5. The third kappa shape index (κ3) is 1.73. The number of amides is 1. The van der Waals surface area contributed by atoms with Gasteiger partial charge in [0.05, 0.1) is 12.8 Å². The zero-order valence-electron chi connectivity index (χ0n) is 10.7. The summed E-state index contributed by atoms with van der Waals surface area (Å²) in [5.74, 6) is 0. The molecule has 4 heteroatoms. The highest BCUT2D eigenvalue weighted by Gasteiger charge is 2.39. The van der Waals surface area contributed by atoms with Crippen molar-refractivity contribution in [1.29, 1.82) is 0 Å². The van der Waals surface area contributed by atoms with Crippen molar-refractivity contribution < 1.29 is 9.53 Å². The molecule has 1 heterocycles. The Labute approximate surface area is 101 Å². The molecule has 0 saturated carbocycles. The molecule has 0 atom stereocenters. The Morgan fingerprint density at radius 2 is 2.12 bits per heavy atom. The molecule has 4 nitrogen and oxygen atoms in total. The molecule has 0 aliphatic carbocycles. The van der Waals surface area contributed by atoms with Crippen LogP contribution in [0.2, 0.25) is 0 Å². The van der Waals surface area contributed by atoms with Gasteiger partial charge in [0, 0.05) is 17.6 Å². The number of nitrogen functional groups attached to an aromatic ring is 1. The van der Waals surface area contributed by atoms with E-state index < -0.39 is 0 Å². The second-order valence-corrected chi connectivity index (χ2v) is 5.17. The fourth-order valence-electron chi connectivity index (χ4n) is 2.51. The van der Waals surface area contributed by atoms with Crippen molar-refractivity contribution in [3.05, 3.63) is 23.3 Å². The first-order valence-corrected chi connectivity index (χ1v) is 5.63. The lowest BCUT2D eigenvalue weighted by molar-refractivity contribution is 0.178. The monoisotopic (exact) mass is 234 g/mol. The lowest BCUT2D eigenvalue weighted by Gasteiger charge is -2.19. The summed E-state index contributed by atoms with van der Waals surface area (Å²) in [6, 6.07) is 3.83. The van der Waals surface area contributed by atoms with Gasteiger partial charge in [0.2, 0.25) is 0 Å². The van der Waals surface area contributed by atoms with Crippen molar-refractivity contribution in [1.82, 2.24) is 0 Å². The maximum atomic E-state index is 11.8. The highest BCUT2D eigenvalue weighted by molar-refractivity contribution is 5.93. The van der Waals surface area contributed by atoms with Crippen LogP contribution in [0.1, 0.15) is 25.0 Å². The number of rotatable bonds is 0. The van der Waals surface area contributed by atoms with E-state index in [9.17, 15) is 4.79 Å². The Morgan fingerprint density at radius 3 is 2.71 bits per heavy atom. The summed E-state index contributed by atoms with van der Waals surface area (Å²) in [7, 11) is 1.40. The molecular formula is C13H18N2O2. The highest BCUT2D eigenvalue weighted by atomic mass is 16.5. The highest BCUT2D eigenvalue weighted by Crippen LogP contribution is 2.43. The molecule has 1 aromatic rings. The third-order valence-corrected chi connectivity index (χ3v) is 3.27. The molecule has 1 aliphatic rings. The molecule has 92 valence electrons. The number of hydrogen-bond donors (Lipinski definition) is 1. The number of anilines is 2. The molecule has 2 rings (SSSR count). The minimum absolute atomic E-state index is 0.0936. The Balaban J connectivity index is 2.61. The number of carbonyl (C=O) groups is 1. The smallest absolute Gasteiger partial charge is 0.414 e. The first kappa shape index (κ1) is 11.8. The minimum atomic E-state index is -0.315. The van der Waals surface area contributed by atoms with Crippen LogP contribution in [0.15, 0.2) is 12.1 Å². The topological polar surface area (TPSA) is 55.6 Å². The predicted octanol–water partition coefficient (Wildman–Crippen LogP) is 2.44. The van der Waals surface area contributed by atoms with Gasteiger partial charge in [-0.25, -0.2) is 4.79 Å². The van der Waals surface area contributed by atoms with Crippen LogP contribution in [0.3, 0.4) is 0 Å². The summed E-state index contributed by atoms with van der Waals surface area (Å²) in [6.45, 7) is 6.80. The van der Waals surface area contributed by atoms with Gasteiger partial charge in [-0.15, -0.1) is 0 Å². The van der Waals surface area contributed by atoms with Crippen molar-refractivity contribution in [2.75, 3.05) is 24.3 Å². The molecule has 0 unspecified atom stereocenters. The third-order valence-electron chi connectivity index (χ3n) is 3.27. The van der Waals surface area contributed by atoms with Gasteiger partial charge in [-0.3, -0.25) is 4.90 Å². The van der Waals surface area contributed by atoms with Gasteiger partial charge >= 0.3 is 6.09 Å². The quantitative estimate of drug-likeness (QED) is 0.701. The molecule has 0 radical (unpaired) electrons. The first-order valence-electron chi connectivity index (χ1n) is 5.63. The summed E-state index contributed by atoms with van der Waals surface area (Å²) >= 11 is 0. The van der Waals surface area contributed by atoms with E-state index in [1.54, 1.807) is 4.90 Å². The summed E-state index contributed by atoms with van der Waals surface area (Å²) in [5.41, 5.74) is 9.58. The van der Waals surface area contributed by atoms with Gasteiger partial charge in [0.25, 0.3) is 0 Å². The number of fused-ring (bicyclic) bond motifs is 1. The van der Waals surface area contributed by atoms with E-state index in [1.807, 2.05) is 19.1 Å². The van der Waals surface area contributed by atoms with E-state index in [2.05, 4.69) is 13.8 Å². The largest absolute Gasteiger partial charge is 0.452 e. The molecule has 0 bridgehead atoms. The number of carbonyl (C=O) groups excluding carboxylic acids is 1. The van der Waals surface area contributed by atoms with Gasteiger partial charge in [-0.2, -0.15) is 0 Å². The number of aryl methyl sites for hydroxylation is 1. The van der Waals surface area contributed by atoms with E-state index in [-0.39, 0.29) is 11.5 Å². The van der Waals surface area contributed by atoms with Gasteiger partial charge in [-0.05, 0) is 30.2 Å². The molecule has 17 heavy (non-hydrogen) atoms. The van der Waals surface area contributed by atoms with Crippen LogP contribution in [0.4, 0.5) is 16.2 Å². The van der Waals surface area contributed by atoms with Gasteiger partial charge < -0.3 is 10.5 Å². The zero-order valence-corrected chi connectivity index (χ0v) is 10.7. The molecular weight excluding hydrogens is 216 g/mol. The van der Waals surface area contributed by atoms with Gasteiger partial charge in [0.1, 0.15) is 0 Å². The SMILES string of the molecule is COC(=O)N1CC(C)(C)c2cc(N)cc(C)c21. The van der Waals surface area contributed by atoms with E-state index in [0.29, 0.717) is 6.54 Å². The molecule has 0 spiro atoms. The maximum absolute atomic E-state index is 11.8. The van der Waals surface area contributed by atoms with Crippen molar-refractivity contribution in [2.24, 2.45) is 0 Å². The fourth-order valence-corrected chi connectivity index (χ4v) is 2.51. The van der Waals surface area contributed by atoms with Crippen molar-refractivity contribution in [3.63, 3.8) is 0 Å². The minimum Gasteiger partial charge on any atom is -0.452 e. The lowest BCUT2D eigenvalue weighted by atomic mass is 9.86. The Kier molecular flexibility index (Phi) is 2.53. The van der Waals surface area contributed by atoms with Crippen LogP contribution < -0.4 is 10.6 Å². The maximum Gasteiger partial charge on any atom is 0.414 e. The number of ether oxygens (including phenoxy) is 1. The molecule has 0 aromatic heterocycles. The van der Waals surface area contributed by atoms with Crippen LogP contribution in [0.25, 0.3) is 0 Å². The molecule has 0 saturated heterocycles. The van der Waals surface area contributed by atoms with Gasteiger partial charge in [-0.1, -0.05) is 13.8 Å². The lowest BCUT2D eigenvalue weighted by Crippen LogP contribution is -2.33. The average Bonchev–Trinajstić information content (AvgIpc) is 2.50. The number of methoxy groups -OCH3 is 1. The number of nitrogens with two attached hydrogens (primary N) is 1. The van der Waals surface area contributed by atoms with E-state index in [1.165, 1.54) is 7.11 Å². The number of hydrogen-bond acceptors (Lipinski definition) is 3. The standard InChI is InChI=1S/C13H18N2O2/c1-8-5-9(14)6-10-11(8)15(12(16)17-4)7-13(10,2)3/h5-6H,7,14H2,1-4H3. The molecule has 1 amide bonds. The van der Waals surface area contributed by atoms with Crippen molar-refractivity contribution >= 4 is 17.5 Å². The van der Waals surface area contributed by atoms with Crippen LogP contribution in [0.5, 0.6) is 0 Å². The average molecular weight is 234 g/mol. The van der Waals surface area contributed by atoms with E-state index in [4.69, 9.17) is 10.5 Å². The van der Waals surface area contributed by atoms with Crippen LogP contribution >= 0.6 is 0 Å². The summed E-state index contributed by atoms with van der Waals surface area (Å²) in [5, 5.41) is 0. The number of nitrogens with zero attached hydrogens (tertiary/aromatic N) is 1. The van der Waals surface area contributed by atoms with Crippen LogP contribution in [0, 0.1) is 6.92 Å². The Bertz CT molecular complexity index is 481. The Morgan fingerprint density at radius 1 is 1.47 bits per heavy atom. The second kappa shape index (κ2) is 3.65. The summed E-state index contributed by atoms with van der Waals surface area (Å²) < 4.78 is 4.83. The zero-order chi connectivity index (χ0) is 12.8. The van der Waals surface area contributed by atoms with Crippen molar-refractivity contribution in [2.45, 2.75) is 26.2 Å². The van der Waals surface area contributed by atoms with Crippen molar-refractivity contribution in [3.8, 4) is 0 Å². The fraction of sp³-hybridized carbons (Fsp3) is 0.462. The first-order chi connectivity index (χ1) is 7.86. The second-order valence-electron chi connectivity index (χ2n) is 5.17. The predicted molar refractivity (Wildman–Crippen MR) is 68.4 cm³/mol. The van der Waals surface area contributed by atoms with E-state index in [0.717, 1.165) is 22.5 Å². The molecule has 2 N–H and O–H groups in total. The van der Waals surface area contributed by atoms with Crippen LogP contribution in [-0.2, 0) is 10.2 Å². The Hall–Kier alpha value is -1.71. The van der Waals surface area contributed by atoms with Gasteiger partial charge in [0.15, 0.2) is 0 Å². The normalized spacial score (nSPS) is 16.8. The molecule has 1 aliphatic heterocycles. The van der Waals surface area contributed by atoms with Crippen LogP contribution in [-0.4, -0.2) is 19.7 Å². The summed E-state index contributed by atoms with van der Waals surface area (Å²) in [6.07, 6.45) is -0.315. The molecule has 1 aromatic carbocycles.